The largest absolute Gasteiger partial charge is 0.507 e. The third kappa shape index (κ3) is 1.76. The van der Waals surface area contributed by atoms with E-state index in [0.29, 0.717) is 5.75 Å². The van der Waals surface area contributed by atoms with Crippen molar-refractivity contribution in [1.29, 1.82) is 0 Å². The highest BCUT2D eigenvalue weighted by Crippen LogP contribution is 2.62. The van der Waals surface area contributed by atoms with Gasteiger partial charge in [0.05, 0.1) is 10.3 Å². The van der Waals surface area contributed by atoms with E-state index in [-0.39, 0.29) is 5.41 Å². The van der Waals surface area contributed by atoms with Crippen LogP contribution in [0.2, 0.25) is 0 Å². The fraction of sp³-hybridized carbons (Fsp3) is 0.0400. The summed E-state index contributed by atoms with van der Waals surface area (Å²) in [6.45, 7) is 0. The van der Waals surface area contributed by atoms with E-state index in [9.17, 15) is 5.11 Å². The maximum absolute atomic E-state index is 10.7. The lowest BCUT2D eigenvalue weighted by atomic mass is 9.67. The molecule has 0 fully saturated rings. The van der Waals surface area contributed by atoms with Gasteiger partial charge in [-0.3, -0.25) is 0 Å². The molecule has 27 heavy (non-hydrogen) atoms. The van der Waals surface area contributed by atoms with Crippen LogP contribution in [0.15, 0.2) is 101 Å². The molecule has 0 saturated heterocycles. The summed E-state index contributed by atoms with van der Waals surface area (Å²) in [6, 6.07) is 32.0. The quantitative estimate of drug-likeness (QED) is 0.345. The Morgan fingerprint density at radius 1 is 0.556 bits per heavy atom. The molecule has 1 aliphatic carbocycles. The summed E-state index contributed by atoms with van der Waals surface area (Å²) in [5.41, 5.74) is 7.24. The minimum Gasteiger partial charge on any atom is -0.507 e. The van der Waals surface area contributed by atoms with E-state index in [4.69, 9.17) is 0 Å². The van der Waals surface area contributed by atoms with Gasteiger partial charge in [-0.1, -0.05) is 90.6 Å². The van der Waals surface area contributed by atoms with Crippen molar-refractivity contribution in [3.8, 4) is 16.9 Å². The molecule has 0 aromatic heterocycles. The second-order valence-electron chi connectivity index (χ2n) is 7.09. The smallest absolute Gasteiger partial charge is 0.129 e. The van der Waals surface area contributed by atoms with Gasteiger partial charge in [0.25, 0.3) is 0 Å². The van der Waals surface area contributed by atoms with Gasteiger partial charge in [-0.05, 0) is 45.5 Å². The summed E-state index contributed by atoms with van der Waals surface area (Å²) < 4.78 is 0. The Labute approximate surface area is 162 Å². The predicted molar refractivity (Wildman–Crippen MR) is 110 cm³/mol. The zero-order valence-electron chi connectivity index (χ0n) is 14.5. The van der Waals surface area contributed by atoms with E-state index >= 15 is 0 Å². The Morgan fingerprint density at radius 2 is 1.11 bits per heavy atom. The fourth-order valence-electron chi connectivity index (χ4n) is 4.86. The third-order valence-electron chi connectivity index (χ3n) is 5.85. The first-order valence-electron chi connectivity index (χ1n) is 9.11. The van der Waals surface area contributed by atoms with Gasteiger partial charge >= 0.3 is 0 Å². The van der Waals surface area contributed by atoms with Crippen LogP contribution in [0.3, 0.4) is 0 Å². The molecule has 2 heteroatoms. The molecular formula is C25H16OS. The number of fused-ring (bicyclic) bond motifs is 9. The Kier molecular flexibility index (Phi) is 2.95. The molecule has 0 radical (unpaired) electrons. The summed E-state index contributed by atoms with van der Waals surface area (Å²) in [4.78, 5) is 2.17. The molecule has 4 aromatic carbocycles. The Hall–Kier alpha value is -2.97. The first kappa shape index (κ1) is 15.1. The second-order valence-corrected chi connectivity index (χ2v) is 8.15. The monoisotopic (exact) mass is 364 g/mol. The minimum absolute atomic E-state index is 0.355. The van der Waals surface area contributed by atoms with Crippen molar-refractivity contribution < 1.29 is 5.11 Å². The van der Waals surface area contributed by atoms with Crippen LogP contribution in [-0.4, -0.2) is 5.11 Å². The van der Waals surface area contributed by atoms with Crippen LogP contribution in [-0.2, 0) is 5.41 Å². The van der Waals surface area contributed by atoms with Crippen molar-refractivity contribution in [2.24, 2.45) is 0 Å². The first-order valence-corrected chi connectivity index (χ1v) is 9.92. The first-order chi connectivity index (χ1) is 13.3. The van der Waals surface area contributed by atoms with Crippen molar-refractivity contribution in [3.05, 3.63) is 113 Å². The molecule has 1 spiro atoms. The average molecular weight is 364 g/mol. The Bertz CT molecular complexity index is 1180. The SMILES string of the molecule is Oc1cccc2c1Sc1ccccc1C21c2ccccc2-c2ccccc21. The van der Waals surface area contributed by atoms with Gasteiger partial charge in [-0.15, -0.1) is 0 Å². The highest BCUT2D eigenvalue weighted by Gasteiger charge is 2.50. The maximum Gasteiger partial charge on any atom is 0.129 e. The molecule has 0 saturated carbocycles. The number of hydrogen-bond donors (Lipinski definition) is 1. The highest BCUT2D eigenvalue weighted by molar-refractivity contribution is 7.99. The number of hydrogen-bond acceptors (Lipinski definition) is 2. The maximum atomic E-state index is 10.7. The van der Waals surface area contributed by atoms with E-state index in [1.165, 1.54) is 38.3 Å². The molecule has 2 aliphatic rings. The van der Waals surface area contributed by atoms with Crippen LogP contribution in [0.5, 0.6) is 5.75 Å². The Balaban J connectivity index is 1.87. The molecule has 4 aromatic rings. The molecule has 128 valence electrons. The predicted octanol–water partition coefficient (Wildman–Crippen LogP) is 6.22. The van der Waals surface area contributed by atoms with E-state index in [1.807, 2.05) is 6.07 Å². The van der Waals surface area contributed by atoms with Crippen molar-refractivity contribution >= 4 is 11.8 Å². The zero-order chi connectivity index (χ0) is 18.0. The lowest BCUT2D eigenvalue weighted by molar-refractivity contribution is 0.458. The van der Waals surface area contributed by atoms with Crippen LogP contribution < -0.4 is 0 Å². The summed E-state index contributed by atoms with van der Waals surface area (Å²) in [5, 5.41) is 10.7. The molecule has 6 rings (SSSR count). The van der Waals surface area contributed by atoms with Crippen LogP contribution in [0, 0.1) is 0 Å². The van der Waals surface area contributed by atoms with Gasteiger partial charge in [0.15, 0.2) is 0 Å². The molecule has 1 heterocycles. The highest BCUT2D eigenvalue weighted by atomic mass is 32.2. The zero-order valence-corrected chi connectivity index (χ0v) is 15.3. The van der Waals surface area contributed by atoms with Gasteiger partial charge in [-0.25, -0.2) is 0 Å². The molecule has 0 atom stereocenters. The van der Waals surface area contributed by atoms with Gasteiger partial charge < -0.3 is 5.11 Å². The summed E-state index contributed by atoms with van der Waals surface area (Å²) in [7, 11) is 0. The van der Waals surface area contributed by atoms with Crippen LogP contribution >= 0.6 is 11.8 Å². The van der Waals surface area contributed by atoms with Gasteiger partial charge in [0.1, 0.15) is 5.75 Å². The molecule has 1 N–H and O–H groups in total. The van der Waals surface area contributed by atoms with Gasteiger partial charge in [-0.2, -0.15) is 0 Å². The molecule has 0 bridgehead atoms. The average Bonchev–Trinajstić information content (AvgIpc) is 3.01. The second kappa shape index (κ2) is 5.28. The topological polar surface area (TPSA) is 20.2 Å². The lowest BCUT2D eigenvalue weighted by Crippen LogP contribution is -2.31. The molecule has 1 nitrogen and oxygen atoms in total. The van der Waals surface area contributed by atoms with Crippen molar-refractivity contribution in [2.75, 3.05) is 0 Å². The van der Waals surface area contributed by atoms with E-state index in [0.717, 1.165) is 4.90 Å². The third-order valence-corrected chi connectivity index (χ3v) is 7.06. The van der Waals surface area contributed by atoms with E-state index in [1.54, 1.807) is 17.8 Å². The van der Waals surface area contributed by atoms with E-state index in [2.05, 4.69) is 78.9 Å². The van der Waals surface area contributed by atoms with Crippen LogP contribution in [0.4, 0.5) is 0 Å². The van der Waals surface area contributed by atoms with Crippen LogP contribution in [0.1, 0.15) is 22.3 Å². The molecule has 1 aliphatic heterocycles. The summed E-state index contributed by atoms with van der Waals surface area (Å²) in [6.07, 6.45) is 0. The van der Waals surface area contributed by atoms with Crippen molar-refractivity contribution in [3.63, 3.8) is 0 Å². The summed E-state index contributed by atoms with van der Waals surface area (Å²) >= 11 is 1.67. The molecular weight excluding hydrogens is 348 g/mol. The number of aromatic hydroxyl groups is 1. The number of benzene rings is 4. The number of phenolic OH excluding ortho intramolecular Hbond substituents is 1. The summed E-state index contributed by atoms with van der Waals surface area (Å²) in [5.74, 6) is 0.355. The standard InChI is InChI=1S/C25H16OS/c26-22-14-7-13-21-24(22)27-23-15-6-5-12-20(23)25(21)18-10-3-1-8-16(18)17-9-2-4-11-19(17)25/h1-15,26H. The van der Waals surface area contributed by atoms with Crippen molar-refractivity contribution in [1.82, 2.24) is 0 Å². The van der Waals surface area contributed by atoms with E-state index < -0.39 is 0 Å². The number of rotatable bonds is 0. The normalized spacial score (nSPS) is 15.0. The molecule has 0 unspecified atom stereocenters. The molecule has 0 amide bonds. The lowest BCUT2D eigenvalue weighted by Gasteiger charge is -2.39. The Morgan fingerprint density at radius 3 is 1.81 bits per heavy atom. The van der Waals surface area contributed by atoms with Gasteiger partial charge in [0.2, 0.25) is 0 Å². The van der Waals surface area contributed by atoms with Crippen LogP contribution in [0.25, 0.3) is 11.1 Å². The van der Waals surface area contributed by atoms with Crippen molar-refractivity contribution in [2.45, 2.75) is 15.2 Å². The fourth-order valence-corrected chi connectivity index (χ4v) is 6.06. The number of phenols is 1. The minimum atomic E-state index is -0.386. The van der Waals surface area contributed by atoms with Gasteiger partial charge in [0, 0.05) is 4.90 Å².